The predicted octanol–water partition coefficient (Wildman–Crippen LogP) is 3.02. The molecule has 0 aliphatic rings. The van der Waals surface area contributed by atoms with Crippen LogP contribution in [0.2, 0.25) is 5.02 Å². The van der Waals surface area contributed by atoms with Crippen LogP contribution in [-0.4, -0.2) is 50.7 Å². The SMILES string of the molecule is CCCCOc1c(C(=O)NCc2cccc(Cl)c2)n(CC(OC)OC)cc(C(=O)OC)c1=O. The highest BCUT2D eigenvalue weighted by atomic mass is 35.5. The van der Waals surface area contributed by atoms with Crippen LogP contribution in [-0.2, 0) is 27.3 Å². The number of carbonyl (C=O) groups is 2. The first-order valence-corrected chi connectivity index (χ1v) is 10.8. The van der Waals surface area contributed by atoms with Crippen molar-refractivity contribution in [3.8, 4) is 5.75 Å². The number of methoxy groups -OCH3 is 3. The molecule has 0 atom stereocenters. The Bertz CT molecular complexity index is 1020. The Kier molecular flexibility index (Phi) is 10.4. The van der Waals surface area contributed by atoms with Crippen molar-refractivity contribution in [1.29, 1.82) is 0 Å². The number of aromatic nitrogens is 1. The van der Waals surface area contributed by atoms with Crippen molar-refractivity contribution in [2.75, 3.05) is 27.9 Å². The summed E-state index contributed by atoms with van der Waals surface area (Å²) >= 11 is 6.02. The lowest BCUT2D eigenvalue weighted by Gasteiger charge is -2.21. The number of nitrogens with zero attached hydrogens (tertiary/aromatic N) is 1. The molecular weight excluding hydrogens is 452 g/mol. The first-order valence-electron chi connectivity index (χ1n) is 10.4. The number of amides is 1. The van der Waals surface area contributed by atoms with Gasteiger partial charge in [-0.3, -0.25) is 9.59 Å². The second-order valence-corrected chi connectivity index (χ2v) is 7.55. The molecule has 0 aliphatic heterocycles. The summed E-state index contributed by atoms with van der Waals surface area (Å²) in [6.07, 6.45) is 1.97. The maximum atomic E-state index is 13.3. The number of esters is 1. The van der Waals surface area contributed by atoms with E-state index in [1.165, 1.54) is 32.1 Å². The molecule has 2 rings (SSSR count). The fourth-order valence-corrected chi connectivity index (χ4v) is 3.26. The zero-order chi connectivity index (χ0) is 24.4. The molecule has 9 nitrogen and oxygen atoms in total. The molecule has 10 heteroatoms. The topological polar surface area (TPSA) is 105 Å². The highest BCUT2D eigenvalue weighted by molar-refractivity contribution is 6.30. The van der Waals surface area contributed by atoms with Gasteiger partial charge in [0, 0.05) is 32.0 Å². The van der Waals surface area contributed by atoms with Crippen LogP contribution < -0.4 is 15.5 Å². The van der Waals surface area contributed by atoms with Gasteiger partial charge in [0.05, 0.1) is 20.3 Å². The van der Waals surface area contributed by atoms with E-state index in [0.717, 1.165) is 12.0 Å². The van der Waals surface area contributed by atoms with Crippen molar-refractivity contribution in [1.82, 2.24) is 9.88 Å². The van der Waals surface area contributed by atoms with E-state index >= 15 is 0 Å². The molecule has 1 aromatic carbocycles. The quantitative estimate of drug-likeness (QED) is 0.283. The highest BCUT2D eigenvalue weighted by Gasteiger charge is 2.27. The van der Waals surface area contributed by atoms with Gasteiger partial charge in [0.1, 0.15) is 5.56 Å². The minimum Gasteiger partial charge on any atom is -0.487 e. The molecule has 0 unspecified atom stereocenters. The first kappa shape index (κ1) is 26.4. The number of ether oxygens (including phenoxy) is 4. The molecule has 1 amide bonds. The number of halogens is 1. The van der Waals surface area contributed by atoms with Gasteiger partial charge >= 0.3 is 5.97 Å². The Morgan fingerprint density at radius 1 is 1.18 bits per heavy atom. The molecule has 0 fully saturated rings. The number of benzene rings is 1. The van der Waals surface area contributed by atoms with Gasteiger partial charge in [-0.1, -0.05) is 37.1 Å². The summed E-state index contributed by atoms with van der Waals surface area (Å²) in [5, 5.41) is 3.31. The third kappa shape index (κ3) is 7.05. The zero-order valence-electron chi connectivity index (χ0n) is 19.2. The number of pyridine rings is 1. The Hall–Kier alpha value is -2.88. The van der Waals surface area contributed by atoms with Gasteiger partial charge in [-0.15, -0.1) is 0 Å². The van der Waals surface area contributed by atoms with Crippen molar-refractivity contribution < 1.29 is 28.5 Å². The number of carbonyl (C=O) groups excluding carboxylic acids is 2. The van der Waals surface area contributed by atoms with Crippen molar-refractivity contribution in [3.63, 3.8) is 0 Å². The van der Waals surface area contributed by atoms with Crippen LogP contribution in [0.1, 0.15) is 46.2 Å². The van der Waals surface area contributed by atoms with Crippen molar-refractivity contribution in [2.45, 2.75) is 39.1 Å². The largest absolute Gasteiger partial charge is 0.487 e. The van der Waals surface area contributed by atoms with Crippen LogP contribution in [0.3, 0.4) is 0 Å². The Morgan fingerprint density at radius 3 is 2.52 bits per heavy atom. The summed E-state index contributed by atoms with van der Waals surface area (Å²) in [7, 11) is 4.05. The zero-order valence-corrected chi connectivity index (χ0v) is 19.9. The van der Waals surface area contributed by atoms with Gasteiger partial charge in [-0.2, -0.15) is 0 Å². The third-order valence-electron chi connectivity index (χ3n) is 4.82. The van der Waals surface area contributed by atoms with Crippen molar-refractivity contribution >= 4 is 23.5 Å². The van der Waals surface area contributed by atoms with E-state index in [4.69, 9.17) is 30.5 Å². The van der Waals surface area contributed by atoms with Crippen molar-refractivity contribution in [3.05, 3.63) is 62.5 Å². The molecule has 1 heterocycles. The molecule has 1 N–H and O–H groups in total. The molecule has 180 valence electrons. The van der Waals surface area contributed by atoms with E-state index in [1.54, 1.807) is 18.2 Å². The summed E-state index contributed by atoms with van der Waals surface area (Å²) in [6.45, 7) is 2.34. The lowest BCUT2D eigenvalue weighted by molar-refractivity contribution is -0.111. The minimum absolute atomic E-state index is 0.0152. The summed E-state index contributed by atoms with van der Waals surface area (Å²) < 4.78 is 22.4. The van der Waals surface area contributed by atoms with Gasteiger partial charge in [-0.05, 0) is 24.1 Å². The fraction of sp³-hybridized carbons (Fsp3) is 0.435. The van der Waals surface area contributed by atoms with E-state index in [0.29, 0.717) is 11.4 Å². The lowest BCUT2D eigenvalue weighted by Crippen LogP contribution is -2.34. The van der Waals surface area contributed by atoms with Gasteiger partial charge in [0.2, 0.25) is 5.43 Å². The molecule has 0 spiro atoms. The smallest absolute Gasteiger partial charge is 0.343 e. The molecule has 0 bridgehead atoms. The van der Waals surface area contributed by atoms with Crippen LogP contribution in [0.5, 0.6) is 5.75 Å². The molecule has 0 saturated heterocycles. The van der Waals surface area contributed by atoms with Crippen LogP contribution in [0.25, 0.3) is 0 Å². The third-order valence-corrected chi connectivity index (χ3v) is 5.05. The van der Waals surface area contributed by atoms with Gasteiger partial charge in [-0.25, -0.2) is 4.79 Å². The second-order valence-electron chi connectivity index (χ2n) is 7.11. The summed E-state index contributed by atoms with van der Waals surface area (Å²) in [5.41, 5.74) is -0.268. The molecule has 33 heavy (non-hydrogen) atoms. The number of unbranched alkanes of at least 4 members (excludes halogenated alkanes) is 1. The Labute approximate surface area is 197 Å². The van der Waals surface area contributed by atoms with E-state index in [9.17, 15) is 14.4 Å². The Morgan fingerprint density at radius 2 is 1.91 bits per heavy atom. The minimum atomic E-state index is -0.841. The standard InChI is InChI=1S/C23H29ClN2O7/c1-5-6-10-33-21-19(22(28)25-12-15-8-7-9-16(24)11-15)26(14-18(30-2)31-3)13-17(20(21)27)23(29)32-4/h7-9,11,13,18H,5-6,10,12,14H2,1-4H3,(H,25,28). The molecule has 0 radical (unpaired) electrons. The number of nitrogens with one attached hydrogen (secondary N) is 1. The summed E-state index contributed by atoms with van der Waals surface area (Å²) in [4.78, 5) is 38.6. The van der Waals surface area contributed by atoms with Crippen molar-refractivity contribution in [2.24, 2.45) is 0 Å². The van der Waals surface area contributed by atoms with E-state index in [-0.39, 0.29) is 36.7 Å². The summed E-state index contributed by atoms with van der Waals surface area (Å²) in [5.74, 6) is -1.65. The van der Waals surface area contributed by atoms with E-state index in [2.05, 4.69) is 5.32 Å². The second kappa shape index (κ2) is 13.0. The predicted molar refractivity (Wildman–Crippen MR) is 123 cm³/mol. The van der Waals surface area contributed by atoms with Gasteiger partial charge < -0.3 is 28.8 Å². The van der Waals surface area contributed by atoms with Gasteiger partial charge in [0.25, 0.3) is 5.91 Å². The fourth-order valence-electron chi connectivity index (χ4n) is 3.04. The normalized spacial score (nSPS) is 10.8. The van der Waals surface area contributed by atoms with Gasteiger partial charge in [0.15, 0.2) is 17.7 Å². The maximum Gasteiger partial charge on any atom is 0.343 e. The lowest BCUT2D eigenvalue weighted by atomic mass is 10.1. The average molecular weight is 481 g/mol. The maximum absolute atomic E-state index is 13.3. The van der Waals surface area contributed by atoms with Crippen LogP contribution in [0, 0.1) is 0 Å². The van der Waals surface area contributed by atoms with E-state index in [1.807, 2.05) is 13.0 Å². The number of rotatable bonds is 12. The molecular formula is C23H29ClN2O7. The highest BCUT2D eigenvalue weighted by Crippen LogP contribution is 2.19. The monoisotopic (exact) mass is 480 g/mol. The number of hydrogen-bond acceptors (Lipinski definition) is 7. The van der Waals surface area contributed by atoms with E-state index < -0.39 is 23.6 Å². The van der Waals surface area contributed by atoms with Crippen LogP contribution in [0.4, 0.5) is 0 Å². The molecule has 0 saturated carbocycles. The van der Waals surface area contributed by atoms with Crippen LogP contribution >= 0.6 is 11.6 Å². The average Bonchev–Trinajstić information content (AvgIpc) is 2.82. The Balaban J connectivity index is 2.55. The van der Waals surface area contributed by atoms with Crippen LogP contribution in [0.15, 0.2) is 35.3 Å². The summed E-state index contributed by atoms with van der Waals surface area (Å²) in [6, 6.07) is 7.03. The molecule has 0 aliphatic carbocycles. The number of hydrogen-bond donors (Lipinski definition) is 1. The molecule has 2 aromatic rings. The molecule has 1 aromatic heterocycles. The first-order chi connectivity index (χ1) is 15.9.